The first-order valence-corrected chi connectivity index (χ1v) is 12.0. The molecule has 28 heavy (non-hydrogen) atoms. The van der Waals surface area contributed by atoms with Crippen LogP contribution in [0, 0.1) is 11.8 Å². The maximum atomic E-state index is 11.0. The molecule has 2 saturated heterocycles. The lowest BCUT2D eigenvalue weighted by Gasteiger charge is -2.05. The van der Waals surface area contributed by atoms with Gasteiger partial charge in [-0.05, 0) is 19.3 Å². The first kappa shape index (κ1) is 25.0. The van der Waals surface area contributed by atoms with Crippen LogP contribution in [-0.4, -0.2) is 25.2 Å². The number of ether oxygens (including phenoxy) is 2. The Kier molecular flexibility index (Phi) is 15.0. The number of unbranched alkanes of at least 4 members (excludes halogenated alkanes) is 6. The normalized spacial score (nSPS) is 22.9. The summed E-state index contributed by atoms with van der Waals surface area (Å²) in [5.74, 6) is 0.776. The second-order valence-corrected chi connectivity index (χ2v) is 8.52. The van der Waals surface area contributed by atoms with E-state index < -0.39 is 0 Å². The summed E-state index contributed by atoms with van der Waals surface area (Å²) in [6, 6.07) is 0. The Balaban J connectivity index is 0.000000233. The van der Waals surface area contributed by atoms with Crippen LogP contribution < -0.4 is 0 Å². The molecule has 0 aromatic rings. The van der Waals surface area contributed by atoms with E-state index in [0.717, 1.165) is 12.8 Å². The molecule has 4 nitrogen and oxygen atoms in total. The predicted molar refractivity (Wildman–Crippen MR) is 114 cm³/mol. The van der Waals surface area contributed by atoms with Gasteiger partial charge >= 0.3 is 11.9 Å². The highest BCUT2D eigenvalue weighted by Crippen LogP contribution is 2.21. The molecule has 3 fully saturated rings. The number of rotatable bonds is 10. The molecule has 0 N–H and O–H groups in total. The topological polar surface area (TPSA) is 52.6 Å². The zero-order valence-electron chi connectivity index (χ0n) is 18.5. The summed E-state index contributed by atoms with van der Waals surface area (Å²) in [4.78, 5) is 21.7. The number of hydrogen-bond donors (Lipinski definition) is 0. The van der Waals surface area contributed by atoms with Crippen molar-refractivity contribution in [3.63, 3.8) is 0 Å². The van der Waals surface area contributed by atoms with Gasteiger partial charge in [-0.25, -0.2) is 0 Å². The van der Waals surface area contributed by atoms with Gasteiger partial charge in [0.25, 0.3) is 0 Å². The summed E-state index contributed by atoms with van der Waals surface area (Å²) in [5.41, 5.74) is 0. The van der Waals surface area contributed by atoms with Crippen molar-refractivity contribution in [2.45, 2.75) is 117 Å². The Hall–Kier alpha value is -1.06. The van der Waals surface area contributed by atoms with Crippen LogP contribution in [0.1, 0.15) is 117 Å². The molecule has 0 amide bonds. The van der Waals surface area contributed by atoms with Crippen molar-refractivity contribution in [3.8, 4) is 0 Å². The van der Waals surface area contributed by atoms with Gasteiger partial charge in [-0.3, -0.25) is 9.59 Å². The fourth-order valence-corrected chi connectivity index (χ4v) is 3.48. The average Bonchev–Trinajstić information content (AvgIpc) is 3.23. The van der Waals surface area contributed by atoms with Crippen molar-refractivity contribution >= 4 is 11.9 Å². The van der Waals surface area contributed by atoms with Crippen LogP contribution >= 0.6 is 0 Å². The second-order valence-electron chi connectivity index (χ2n) is 8.52. The van der Waals surface area contributed by atoms with Crippen molar-refractivity contribution in [1.82, 2.24) is 0 Å². The van der Waals surface area contributed by atoms with Gasteiger partial charge in [0.05, 0.1) is 25.6 Å². The van der Waals surface area contributed by atoms with Gasteiger partial charge in [-0.1, -0.05) is 90.9 Å². The zero-order chi connectivity index (χ0) is 20.5. The quantitative estimate of drug-likeness (QED) is 0.308. The maximum Gasteiger partial charge on any atom is 0.309 e. The Labute approximate surface area is 173 Å². The minimum atomic E-state index is -0.00417. The van der Waals surface area contributed by atoms with Crippen LogP contribution in [0.2, 0.25) is 0 Å². The molecule has 3 aliphatic rings. The van der Waals surface area contributed by atoms with E-state index in [1.807, 2.05) is 0 Å². The van der Waals surface area contributed by atoms with E-state index in [1.54, 1.807) is 0 Å². The lowest BCUT2D eigenvalue weighted by molar-refractivity contribution is -0.141. The van der Waals surface area contributed by atoms with Gasteiger partial charge in [0.2, 0.25) is 0 Å². The standard InChI is InChI=1S/2C10H18O2.C4H8/c1-2-3-4-5-6-9-7-10(11)12-8-9;1-2-3-4-5-6-9-7-8-12-10(9)11;1-2-4-3-1/h2*9H,2-8H2,1H3;1-4H2. The molecule has 4 heteroatoms. The number of carbonyl (C=O) groups excluding carboxylic acids is 2. The number of carbonyl (C=O) groups is 2. The average molecular weight is 397 g/mol. The van der Waals surface area contributed by atoms with Gasteiger partial charge in [-0.15, -0.1) is 0 Å². The van der Waals surface area contributed by atoms with Gasteiger partial charge in [0.1, 0.15) is 0 Å². The van der Waals surface area contributed by atoms with E-state index in [1.165, 1.54) is 83.5 Å². The molecule has 0 bridgehead atoms. The van der Waals surface area contributed by atoms with Gasteiger partial charge in [0, 0.05) is 5.92 Å². The molecule has 3 rings (SSSR count). The molecule has 164 valence electrons. The number of esters is 2. The van der Waals surface area contributed by atoms with E-state index in [9.17, 15) is 9.59 Å². The molecular weight excluding hydrogens is 352 g/mol. The Morgan fingerprint density at radius 3 is 1.82 bits per heavy atom. The third-order valence-corrected chi connectivity index (χ3v) is 5.85. The van der Waals surface area contributed by atoms with Crippen LogP contribution in [0.4, 0.5) is 0 Å². The van der Waals surface area contributed by atoms with Gasteiger partial charge < -0.3 is 9.47 Å². The van der Waals surface area contributed by atoms with E-state index in [4.69, 9.17) is 9.47 Å². The van der Waals surface area contributed by atoms with Crippen LogP contribution in [0.15, 0.2) is 0 Å². The molecule has 0 aromatic carbocycles. The van der Waals surface area contributed by atoms with E-state index in [2.05, 4.69) is 13.8 Å². The first-order chi connectivity index (χ1) is 13.7. The van der Waals surface area contributed by atoms with Crippen molar-refractivity contribution in [2.24, 2.45) is 11.8 Å². The van der Waals surface area contributed by atoms with Crippen LogP contribution in [0.5, 0.6) is 0 Å². The summed E-state index contributed by atoms with van der Waals surface area (Å²) in [6.45, 7) is 5.73. The highest BCUT2D eigenvalue weighted by molar-refractivity contribution is 5.74. The van der Waals surface area contributed by atoms with Crippen LogP contribution in [0.25, 0.3) is 0 Å². The maximum absolute atomic E-state index is 11.0. The summed E-state index contributed by atoms with van der Waals surface area (Å²) >= 11 is 0. The molecule has 1 aliphatic carbocycles. The molecule has 2 aliphatic heterocycles. The van der Waals surface area contributed by atoms with Crippen molar-refractivity contribution in [1.29, 1.82) is 0 Å². The minimum absolute atomic E-state index is 0.00417. The third kappa shape index (κ3) is 12.4. The summed E-state index contributed by atoms with van der Waals surface area (Å²) in [6.07, 6.45) is 20.0. The van der Waals surface area contributed by atoms with Crippen molar-refractivity contribution < 1.29 is 19.1 Å². The molecule has 0 radical (unpaired) electrons. The fourth-order valence-electron chi connectivity index (χ4n) is 3.48. The van der Waals surface area contributed by atoms with E-state index in [0.29, 0.717) is 25.6 Å². The lowest BCUT2D eigenvalue weighted by atomic mass is 10.00. The highest BCUT2D eigenvalue weighted by atomic mass is 16.5. The van der Waals surface area contributed by atoms with Gasteiger partial charge in [0.15, 0.2) is 0 Å². The minimum Gasteiger partial charge on any atom is -0.465 e. The Morgan fingerprint density at radius 2 is 1.39 bits per heavy atom. The summed E-state index contributed by atoms with van der Waals surface area (Å²) < 4.78 is 9.77. The lowest BCUT2D eigenvalue weighted by Crippen LogP contribution is -2.06. The second kappa shape index (κ2) is 16.9. The van der Waals surface area contributed by atoms with Crippen LogP contribution in [-0.2, 0) is 19.1 Å². The van der Waals surface area contributed by atoms with Crippen LogP contribution in [0.3, 0.4) is 0 Å². The largest absolute Gasteiger partial charge is 0.465 e. The van der Waals surface area contributed by atoms with Crippen molar-refractivity contribution in [3.05, 3.63) is 0 Å². The predicted octanol–water partition coefficient (Wildman–Crippen LogP) is 6.60. The molecule has 2 atom stereocenters. The summed E-state index contributed by atoms with van der Waals surface area (Å²) in [5, 5.41) is 0. The molecular formula is C24H44O4. The number of hydrogen-bond acceptors (Lipinski definition) is 4. The monoisotopic (exact) mass is 396 g/mol. The van der Waals surface area contributed by atoms with E-state index >= 15 is 0 Å². The fraction of sp³-hybridized carbons (Fsp3) is 0.917. The Bertz CT molecular complexity index is 399. The molecule has 2 heterocycles. The Morgan fingerprint density at radius 1 is 0.786 bits per heavy atom. The summed E-state index contributed by atoms with van der Waals surface area (Å²) in [7, 11) is 0. The first-order valence-electron chi connectivity index (χ1n) is 12.0. The molecule has 0 spiro atoms. The molecule has 1 saturated carbocycles. The number of cyclic esters (lactones) is 2. The zero-order valence-corrected chi connectivity index (χ0v) is 18.5. The highest BCUT2D eigenvalue weighted by Gasteiger charge is 2.25. The van der Waals surface area contributed by atoms with E-state index in [-0.39, 0.29) is 17.9 Å². The molecule has 0 aromatic heterocycles. The third-order valence-electron chi connectivity index (χ3n) is 5.85. The van der Waals surface area contributed by atoms with Gasteiger partial charge in [-0.2, -0.15) is 0 Å². The SMILES string of the molecule is C1CCC1.CCCCCCC1CCOC1=O.CCCCCCC1COC(=O)C1. The molecule has 2 unspecified atom stereocenters. The smallest absolute Gasteiger partial charge is 0.309 e. The van der Waals surface area contributed by atoms with Crippen molar-refractivity contribution in [2.75, 3.05) is 13.2 Å².